The van der Waals surface area contributed by atoms with Crippen LogP contribution < -0.4 is 0 Å². The molecule has 0 atom stereocenters. The Kier molecular flexibility index (Phi) is 6.12. The van der Waals surface area contributed by atoms with Gasteiger partial charge < -0.3 is 5.11 Å². The van der Waals surface area contributed by atoms with Crippen LogP contribution in [0.5, 0.6) is 0 Å². The molecule has 0 bridgehead atoms. The molecule has 0 aliphatic heterocycles. The van der Waals surface area contributed by atoms with Gasteiger partial charge in [-0.25, -0.2) is 12.8 Å². The highest BCUT2D eigenvalue weighted by Gasteiger charge is 2.25. The van der Waals surface area contributed by atoms with E-state index in [0.29, 0.717) is 6.54 Å². The quantitative estimate of drug-likeness (QED) is 0.782. The number of nitrogens with zero attached hydrogens (tertiary/aromatic N) is 1. The summed E-state index contributed by atoms with van der Waals surface area (Å²) < 4.78 is 36.9. The van der Waals surface area contributed by atoms with Gasteiger partial charge in [0.05, 0.1) is 5.75 Å². The lowest BCUT2D eigenvalue weighted by Gasteiger charge is -2.28. The van der Waals surface area contributed by atoms with E-state index >= 15 is 0 Å². The van der Waals surface area contributed by atoms with Crippen molar-refractivity contribution in [3.8, 4) is 0 Å². The Morgan fingerprint density at radius 2 is 2.00 bits per heavy atom. The van der Waals surface area contributed by atoms with Crippen molar-refractivity contribution in [3.05, 3.63) is 35.6 Å². The van der Waals surface area contributed by atoms with E-state index in [1.54, 1.807) is 6.07 Å². The number of benzene rings is 1. The zero-order valence-corrected chi connectivity index (χ0v) is 13.8. The molecular weight excluding hydrogens is 321 g/mol. The summed E-state index contributed by atoms with van der Waals surface area (Å²) in [6.07, 6.45) is 4.20. The predicted molar refractivity (Wildman–Crippen MR) is 85.4 cm³/mol. The van der Waals surface area contributed by atoms with Gasteiger partial charge in [-0.3, -0.25) is 9.69 Å². The lowest BCUT2D eigenvalue weighted by atomic mass is 10.1. The van der Waals surface area contributed by atoms with E-state index in [0.717, 1.165) is 31.2 Å². The highest BCUT2D eigenvalue weighted by Crippen LogP contribution is 2.25. The molecule has 23 heavy (non-hydrogen) atoms. The van der Waals surface area contributed by atoms with Crippen LogP contribution in [0.1, 0.15) is 31.2 Å². The van der Waals surface area contributed by atoms with E-state index in [9.17, 15) is 17.6 Å². The number of rotatable bonds is 8. The number of carbonyl (C=O) groups is 1. The molecule has 0 amide bonds. The summed E-state index contributed by atoms with van der Waals surface area (Å²) in [6, 6.07) is 6.56. The van der Waals surface area contributed by atoms with E-state index in [4.69, 9.17) is 5.11 Å². The van der Waals surface area contributed by atoms with Crippen molar-refractivity contribution in [3.63, 3.8) is 0 Å². The monoisotopic (exact) mass is 343 g/mol. The van der Waals surface area contributed by atoms with Crippen molar-refractivity contribution in [2.75, 3.05) is 18.1 Å². The minimum absolute atomic E-state index is 0.189. The molecule has 1 aliphatic carbocycles. The van der Waals surface area contributed by atoms with Crippen LogP contribution in [0.2, 0.25) is 0 Å². The summed E-state index contributed by atoms with van der Waals surface area (Å²) in [7, 11) is -3.62. The molecule has 1 aromatic carbocycles. The summed E-state index contributed by atoms with van der Waals surface area (Å²) in [6.45, 7) is 0.752. The van der Waals surface area contributed by atoms with Crippen LogP contribution in [-0.2, 0) is 21.2 Å². The van der Waals surface area contributed by atoms with Gasteiger partial charge in [-0.15, -0.1) is 0 Å². The molecule has 0 spiro atoms. The molecule has 7 heteroatoms. The van der Waals surface area contributed by atoms with Gasteiger partial charge in [-0.2, -0.15) is 0 Å². The van der Waals surface area contributed by atoms with Crippen LogP contribution in [0.25, 0.3) is 0 Å². The third-order valence-electron chi connectivity index (χ3n) is 4.15. The normalized spacial score (nSPS) is 16.1. The molecule has 0 aromatic heterocycles. The van der Waals surface area contributed by atoms with Gasteiger partial charge in [-0.1, -0.05) is 25.0 Å². The minimum Gasteiger partial charge on any atom is -0.480 e. The summed E-state index contributed by atoms with van der Waals surface area (Å²) >= 11 is 0. The first-order valence-electron chi connectivity index (χ1n) is 7.76. The van der Waals surface area contributed by atoms with Crippen LogP contribution >= 0.6 is 0 Å². The SMILES string of the molecule is O=C(O)CS(=O)(=O)CCN(Cc1cccc(F)c1)C1CCCC1. The third-order valence-corrected chi connectivity index (χ3v) is 5.64. The maximum atomic E-state index is 13.3. The Bertz CT molecular complexity index is 641. The Morgan fingerprint density at radius 3 is 2.61 bits per heavy atom. The standard InChI is InChI=1S/C16H22FNO4S/c17-14-5-3-4-13(10-14)11-18(15-6-1-2-7-15)8-9-23(21,22)12-16(19)20/h3-5,10,15H,1-2,6-9,11-12H2,(H,19,20). The zero-order valence-electron chi connectivity index (χ0n) is 12.9. The molecule has 0 unspecified atom stereocenters. The van der Waals surface area contributed by atoms with Crippen molar-refractivity contribution in [1.82, 2.24) is 4.90 Å². The Morgan fingerprint density at radius 1 is 1.30 bits per heavy atom. The molecule has 5 nitrogen and oxygen atoms in total. The molecule has 1 N–H and O–H groups in total. The Balaban J connectivity index is 2.04. The number of sulfone groups is 1. The maximum Gasteiger partial charge on any atom is 0.318 e. The fraction of sp³-hybridized carbons (Fsp3) is 0.562. The van der Waals surface area contributed by atoms with Crippen molar-refractivity contribution in [2.24, 2.45) is 0 Å². The van der Waals surface area contributed by atoms with E-state index in [1.807, 2.05) is 11.0 Å². The molecule has 0 saturated heterocycles. The van der Waals surface area contributed by atoms with E-state index < -0.39 is 21.6 Å². The summed E-state index contributed by atoms with van der Waals surface area (Å²) in [5, 5.41) is 8.66. The van der Waals surface area contributed by atoms with Gasteiger partial charge in [0.1, 0.15) is 11.6 Å². The highest BCUT2D eigenvalue weighted by molar-refractivity contribution is 7.92. The summed E-state index contributed by atoms with van der Waals surface area (Å²) in [4.78, 5) is 12.7. The third kappa shape index (κ3) is 5.91. The van der Waals surface area contributed by atoms with Crippen LogP contribution in [-0.4, -0.2) is 48.5 Å². The van der Waals surface area contributed by atoms with Crippen LogP contribution in [0.3, 0.4) is 0 Å². The average molecular weight is 343 g/mol. The van der Waals surface area contributed by atoms with Gasteiger partial charge in [0.25, 0.3) is 0 Å². The zero-order chi connectivity index (χ0) is 16.9. The average Bonchev–Trinajstić information content (AvgIpc) is 2.96. The Hall–Kier alpha value is -1.47. The molecule has 2 rings (SSSR count). The van der Waals surface area contributed by atoms with Crippen molar-refractivity contribution in [2.45, 2.75) is 38.3 Å². The van der Waals surface area contributed by atoms with E-state index in [1.165, 1.54) is 12.1 Å². The first kappa shape index (κ1) is 17.9. The lowest BCUT2D eigenvalue weighted by Crippen LogP contribution is -2.37. The lowest BCUT2D eigenvalue weighted by molar-refractivity contribution is -0.134. The van der Waals surface area contributed by atoms with Crippen molar-refractivity contribution < 1.29 is 22.7 Å². The second-order valence-electron chi connectivity index (χ2n) is 6.02. The van der Waals surface area contributed by atoms with Gasteiger partial charge >= 0.3 is 5.97 Å². The second kappa shape index (κ2) is 7.88. The van der Waals surface area contributed by atoms with E-state index in [-0.39, 0.29) is 24.2 Å². The second-order valence-corrected chi connectivity index (χ2v) is 8.21. The van der Waals surface area contributed by atoms with Gasteiger partial charge in [0.2, 0.25) is 0 Å². The highest BCUT2D eigenvalue weighted by atomic mass is 32.2. The molecule has 0 radical (unpaired) electrons. The van der Waals surface area contributed by atoms with Crippen molar-refractivity contribution in [1.29, 1.82) is 0 Å². The van der Waals surface area contributed by atoms with Gasteiger partial charge in [0, 0.05) is 19.1 Å². The first-order valence-corrected chi connectivity index (χ1v) is 9.58. The predicted octanol–water partition coefficient (Wildman–Crippen LogP) is 2.07. The van der Waals surface area contributed by atoms with Gasteiger partial charge in [-0.05, 0) is 30.5 Å². The van der Waals surface area contributed by atoms with Gasteiger partial charge in [0.15, 0.2) is 9.84 Å². The molecule has 1 saturated carbocycles. The number of hydrogen-bond donors (Lipinski definition) is 1. The summed E-state index contributed by atoms with van der Waals surface area (Å²) in [5.74, 6) is -2.67. The molecule has 0 heterocycles. The summed E-state index contributed by atoms with van der Waals surface area (Å²) in [5.41, 5.74) is 0.799. The number of hydrogen-bond acceptors (Lipinski definition) is 4. The van der Waals surface area contributed by atoms with Crippen molar-refractivity contribution >= 4 is 15.8 Å². The van der Waals surface area contributed by atoms with Crippen LogP contribution in [0.15, 0.2) is 24.3 Å². The smallest absolute Gasteiger partial charge is 0.318 e. The Labute approximate surface area is 136 Å². The topological polar surface area (TPSA) is 74.7 Å². The molecule has 1 aromatic rings. The maximum absolute atomic E-state index is 13.3. The fourth-order valence-electron chi connectivity index (χ4n) is 3.05. The van der Waals surface area contributed by atoms with Crippen LogP contribution in [0, 0.1) is 5.82 Å². The first-order chi connectivity index (χ1) is 10.9. The number of carboxylic acid groups (broad SMARTS) is 1. The minimum atomic E-state index is -3.62. The molecule has 128 valence electrons. The number of halogens is 1. The largest absolute Gasteiger partial charge is 0.480 e. The molecule has 1 aliphatic rings. The van der Waals surface area contributed by atoms with Crippen LogP contribution in [0.4, 0.5) is 4.39 Å². The van der Waals surface area contributed by atoms with E-state index in [2.05, 4.69) is 0 Å². The number of carboxylic acids is 1. The molecule has 1 fully saturated rings. The molecular formula is C16H22FNO4S. The fourth-order valence-corrected chi connectivity index (χ4v) is 4.08. The number of aliphatic carboxylic acids is 1.